The highest BCUT2D eigenvalue weighted by Gasteiger charge is 1.97. The van der Waals surface area contributed by atoms with Gasteiger partial charge in [0, 0.05) is 39.1 Å². The maximum Gasteiger partial charge on any atom is 0.144 e. The van der Waals surface area contributed by atoms with Crippen LogP contribution in [0.25, 0.3) is 0 Å². The van der Waals surface area contributed by atoms with Crippen LogP contribution in [0.2, 0.25) is 0 Å². The number of nitrogens with zero attached hydrogens (tertiary/aromatic N) is 3. The Labute approximate surface area is 90.5 Å². The molecule has 84 valence electrons. The highest BCUT2D eigenvalue weighted by Crippen LogP contribution is 1.95. The lowest BCUT2D eigenvalue weighted by Gasteiger charge is -2.16. The van der Waals surface area contributed by atoms with E-state index in [1.54, 1.807) is 25.7 Å². The fraction of sp³-hybridized carbons (Fsp3) is 0.600. The second kappa shape index (κ2) is 7.14. The summed E-state index contributed by atoms with van der Waals surface area (Å²) in [6.45, 7) is 3.53. The van der Waals surface area contributed by atoms with Crippen LogP contribution in [-0.4, -0.2) is 55.3 Å². The smallest absolute Gasteiger partial charge is 0.144 e. The average molecular weight is 210 g/mol. The van der Waals surface area contributed by atoms with Gasteiger partial charge < -0.3 is 15.0 Å². The van der Waals surface area contributed by atoms with Gasteiger partial charge in [-0.3, -0.25) is 4.98 Å². The molecule has 1 heterocycles. The van der Waals surface area contributed by atoms with Gasteiger partial charge in [-0.1, -0.05) is 0 Å². The quantitative estimate of drug-likeness (QED) is 0.709. The topological polar surface area (TPSA) is 50.3 Å². The summed E-state index contributed by atoms with van der Waals surface area (Å²) in [6, 6.07) is 0. The maximum absolute atomic E-state index is 4.99. The summed E-state index contributed by atoms with van der Waals surface area (Å²) in [6.07, 6.45) is 5.06. The van der Waals surface area contributed by atoms with Crippen LogP contribution >= 0.6 is 0 Å². The van der Waals surface area contributed by atoms with E-state index >= 15 is 0 Å². The number of methoxy groups -OCH3 is 1. The van der Waals surface area contributed by atoms with E-state index in [-0.39, 0.29) is 0 Å². The summed E-state index contributed by atoms with van der Waals surface area (Å²) in [5.74, 6) is 0.817. The number of anilines is 1. The average Bonchev–Trinajstić information content (AvgIpc) is 2.28. The number of ether oxygens (including phenoxy) is 1. The molecule has 0 saturated carbocycles. The van der Waals surface area contributed by atoms with Gasteiger partial charge in [0.15, 0.2) is 0 Å². The molecule has 0 unspecified atom stereocenters. The molecule has 0 aliphatic rings. The molecule has 1 aromatic rings. The molecule has 0 aromatic carbocycles. The molecule has 5 heteroatoms. The SMILES string of the molecule is COCCN(C)CCNc1cnccn1. The minimum Gasteiger partial charge on any atom is -0.383 e. The van der Waals surface area contributed by atoms with Crippen molar-refractivity contribution in [2.75, 3.05) is 45.7 Å². The zero-order valence-electron chi connectivity index (χ0n) is 9.31. The Hall–Kier alpha value is -1.20. The van der Waals surface area contributed by atoms with Crippen molar-refractivity contribution in [2.45, 2.75) is 0 Å². The lowest BCUT2D eigenvalue weighted by Crippen LogP contribution is -2.28. The number of aromatic nitrogens is 2. The van der Waals surface area contributed by atoms with Crippen molar-refractivity contribution in [2.24, 2.45) is 0 Å². The lowest BCUT2D eigenvalue weighted by atomic mass is 10.5. The van der Waals surface area contributed by atoms with E-state index in [2.05, 4.69) is 27.2 Å². The van der Waals surface area contributed by atoms with Gasteiger partial charge in [0.2, 0.25) is 0 Å². The van der Waals surface area contributed by atoms with Gasteiger partial charge in [0.25, 0.3) is 0 Å². The lowest BCUT2D eigenvalue weighted by molar-refractivity contribution is 0.163. The number of nitrogens with one attached hydrogen (secondary N) is 1. The standard InChI is InChI=1S/C10H18N4O/c1-14(7-8-15-2)6-5-13-10-9-11-3-4-12-10/h3-4,9H,5-8H2,1-2H3,(H,12,13). The predicted molar refractivity (Wildman–Crippen MR) is 59.9 cm³/mol. The molecule has 0 amide bonds. The van der Waals surface area contributed by atoms with Crippen LogP contribution in [0, 0.1) is 0 Å². The Morgan fingerprint density at radius 3 is 2.93 bits per heavy atom. The van der Waals surface area contributed by atoms with Crippen molar-refractivity contribution in [1.29, 1.82) is 0 Å². The minimum absolute atomic E-state index is 0.766. The number of hydrogen-bond donors (Lipinski definition) is 1. The van der Waals surface area contributed by atoms with Gasteiger partial charge in [-0.05, 0) is 7.05 Å². The summed E-state index contributed by atoms with van der Waals surface area (Å²) in [5.41, 5.74) is 0. The molecule has 5 nitrogen and oxygen atoms in total. The molecule has 1 N–H and O–H groups in total. The van der Waals surface area contributed by atoms with Crippen LogP contribution in [0.15, 0.2) is 18.6 Å². The second-order valence-electron chi connectivity index (χ2n) is 3.31. The van der Waals surface area contributed by atoms with E-state index in [9.17, 15) is 0 Å². The second-order valence-corrected chi connectivity index (χ2v) is 3.31. The Kier molecular flexibility index (Phi) is 5.65. The first-order valence-electron chi connectivity index (χ1n) is 5.00. The highest BCUT2D eigenvalue weighted by molar-refractivity contribution is 5.29. The van der Waals surface area contributed by atoms with E-state index in [0.29, 0.717) is 0 Å². The normalized spacial score (nSPS) is 10.6. The van der Waals surface area contributed by atoms with Gasteiger partial charge in [0.1, 0.15) is 5.82 Å². The zero-order valence-corrected chi connectivity index (χ0v) is 9.31. The number of rotatable bonds is 7. The molecule has 15 heavy (non-hydrogen) atoms. The van der Waals surface area contributed by atoms with Crippen LogP contribution < -0.4 is 5.32 Å². The van der Waals surface area contributed by atoms with E-state index in [0.717, 1.165) is 32.1 Å². The monoisotopic (exact) mass is 210 g/mol. The number of likely N-dealkylation sites (N-methyl/N-ethyl adjacent to an activating group) is 1. The fourth-order valence-electron chi connectivity index (χ4n) is 1.12. The highest BCUT2D eigenvalue weighted by atomic mass is 16.5. The maximum atomic E-state index is 4.99. The predicted octanol–water partition coefficient (Wildman–Crippen LogP) is 0.467. The molecule has 0 saturated heterocycles. The summed E-state index contributed by atoms with van der Waals surface area (Å²) in [5, 5.41) is 3.20. The van der Waals surface area contributed by atoms with Gasteiger partial charge in [-0.15, -0.1) is 0 Å². The van der Waals surface area contributed by atoms with Crippen molar-refractivity contribution in [1.82, 2.24) is 14.9 Å². The van der Waals surface area contributed by atoms with E-state index in [4.69, 9.17) is 4.74 Å². The molecule has 0 fully saturated rings. The number of hydrogen-bond acceptors (Lipinski definition) is 5. The largest absolute Gasteiger partial charge is 0.383 e. The van der Waals surface area contributed by atoms with Crippen LogP contribution in [0.5, 0.6) is 0 Å². The molecule has 0 aliphatic heterocycles. The minimum atomic E-state index is 0.766. The summed E-state index contributed by atoms with van der Waals surface area (Å²) in [4.78, 5) is 10.3. The molecule has 0 aliphatic carbocycles. The first-order valence-corrected chi connectivity index (χ1v) is 5.00. The first kappa shape index (κ1) is 11.9. The van der Waals surface area contributed by atoms with Crippen LogP contribution in [0.4, 0.5) is 5.82 Å². The molecule has 0 bridgehead atoms. The van der Waals surface area contributed by atoms with Crippen LogP contribution in [0.1, 0.15) is 0 Å². The van der Waals surface area contributed by atoms with E-state index < -0.39 is 0 Å². The molecule has 0 radical (unpaired) electrons. The van der Waals surface area contributed by atoms with Gasteiger partial charge >= 0.3 is 0 Å². The van der Waals surface area contributed by atoms with E-state index in [1.807, 2.05) is 0 Å². The zero-order chi connectivity index (χ0) is 10.9. The van der Waals surface area contributed by atoms with Crippen molar-refractivity contribution in [3.63, 3.8) is 0 Å². The van der Waals surface area contributed by atoms with Crippen molar-refractivity contribution < 1.29 is 4.74 Å². The van der Waals surface area contributed by atoms with Crippen molar-refractivity contribution >= 4 is 5.82 Å². The van der Waals surface area contributed by atoms with E-state index in [1.165, 1.54) is 0 Å². The molecule has 0 atom stereocenters. The third-order valence-corrected chi connectivity index (χ3v) is 2.04. The van der Waals surface area contributed by atoms with Gasteiger partial charge in [-0.2, -0.15) is 0 Å². The van der Waals surface area contributed by atoms with Crippen molar-refractivity contribution in [3.8, 4) is 0 Å². The van der Waals surface area contributed by atoms with Crippen LogP contribution in [0.3, 0.4) is 0 Å². The third kappa shape index (κ3) is 5.29. The fourth-order valence-corrected chi connectivity index (χ4v) is 1.12. The Bertz CT molecular complexity index is 255. The molecular formula is C10H18N4O. The molecular weight excluding hydrogens is 192 g/mol. The van der Waals surface area contributed by atoms with Gasteiger partial charge in [0.05, 0.1) is 12.8 Å². The van der Waals surface area contributed by atoms with Crippen LogP contribution in [-0.2, 0) is 4.74 Å². The first-order chi connectivity index (χ1) is 7.33. The molecule has 1 rings (SSSR count). The molecule has 1 aromatic heterocycles. The van der Waals surface area contributed by atoms with Gasteiger partial charge in [-0.25, -0.2) is 4.98 Å². The summed E-state index contributed by atoms with van der Waals surface area (Å²) < 4.78 is 4.99. The Balaban J connectivity index is 2.11. The molecule has 0 spiro atoms. The summed E-state index contributed by atoms with van der Waals surface area (Å²) in [7, 11) is 3.78. The summed E-state index contributed by atoms with van der Waals surface area (Å²) >= 11 is 0. The Morgan fingerprint density at radius 2 is 2.27 bits per heavy atom. The third-order valence-electron chi connectivity index (χ3n) is 2.04. The van der Waals surface area contributed by atoms with Crippen molar-refractivity contribution in [3.05, 3.63) is 18.6 Å². The Morgan fingerprint density at radius 1 is 1.40 bits per heavy atom.